The van der Waals surface area contributed by atoms with Gasteiger partial charge in [-0.2, -0.15) is 0 Å². The van der Waals surface area contributed by atoms with Gasteiger partial charge in [0.15, 0.2) is 16.6 Å². The topological polar surface area (TPSA) is 51.7 Å². The Hall–Kier alpha value is -3.09. The predicted octanol–water partition coefficient (Wildman–Crippen LogP) is 5.45. The fraction of sp³-hybridized carbons (Fsp3) is 0.0909. The van der Waals surface area contributed by atoms with E-state index in [0.717, 1.165) is 10.2 Å². The number of aromatic nitrogens is 1. The summed E-state index contributed by atoms with van der Waals surface area (Å²) in [7, 11) is 0. The van der Waals surface area contributed by atoms with Gasteiger partial charge < -0.3 is 9.47 Å². The molecule has 0 spiro atoms. The van der Waals surface area contributed by atoms with Crippen molar-refractivity contribution >= 4 is 49.9 Å². The molecule has 1 aliphatic heterocycles. The lowest BCUT2D eigenvalue weighted by Crippen LogP contribution is -2.44. The molecule has 2 heterocycles. The molecule has 0 saturated heterocycles. The van der Waals surface area contributed by atoms with E-state index in [1.165, 1.54) is 11.3 Å². The number of hydrogen-bond donors (Lipinski definition) is 0. The zero-order valence-corrected chi connectivity index (χ0v) is 16.7. The molecule has 1 aliphatic rings. The van der Waals surface area contributed by atoms with Gasteiger partial charge in [0.2, 0.25) is 6.10 Å². The van der Waals surface area contributed by atoms with Gasteiger partial charge in [0.1, 0.15) is 6.61 Å². The molecule has 3 aromatic carbocycles. The Morgan fingerprint density at radius 2 is 1.83 bits per heavy atom. The molecule has 0 aliphatic carbocycles. The quantitative estimate of drug-likeness (QED) is 0.440. The average Bonchev–Trinajstić information content (AvgIpc) is 3.17. The number of ether oxygens (including phenoxy) is 2. The number of para-hydroxylation sites is 3. The maximum absolute atomic E-state index is 13.5. The monoisotopic (exact) mass is 422 g/mol. The van der Waals surface area contributed by atoms with Gasteiger partial charge in [0.05, 0.1) is 15.9 Å². The van der Waals surface area contributed by atoms with Gasteiger partial charge in [-0.25, -0.2) is 4.98 Å². The smallest absolute Gasteiger partial charge is 0.278 e. The van der Waals surface area contributed by atoms with Crippen molar-refractivity contribution in [3.05, 3.63) is 77.8 Å². The van der Waals surface area contributed by atoms with E-state index in [2.05, 4.69) is 4.98 Å². The summed E-state index contributed by atoms with van der Waals surface area (Å²) in [4.78, 5) is 19.8. The van der Waals surface area contributed by atoms with Crippen LogP contribution in [0, 0.1) is 0 Å². The minimum atomic E-state index is -0.795. The lowest BCUT2D eigenvalue weighted by atomic mass is 10.2. The maximum Gasteiger partial charge on any atom is 0.278 e. The molecule has 5 rings (SSSR count). The third-order valence-corrected chi connectivity index (χ3v) is 5.80. The number of fused-ring (bicyclic) bond motifs is 2. The maximum atomic E-state index is 13.5. The van der Waals surface area contributed by atoms with E-state index < -0.39 is 6.10 Å². The molecule has 7 heteroatoms. The summed E-state index contributed by atoms with van der Waals surface area (Å²) in [5.41, 5.74) is 1.46. The van der Waals surface area contributed by atoms with Crippen LogP contribution in [0.15, 0.2) is 72.8 Å². The van der Waals surface area contributed by atoms with Crippen molar-refractivity contribution in [3.8, 4) is 11.5 Å². The number of rotatable bonds is 3. The number of amides is 1. The first-order valence-corrected chi connectivity index (χ1v) is 10.2. The summed E-state index contributed by atoms with van der Waals surface area (Å²) < 4.78 is 12.7. The molecule has 0 fully saturated rings. The van der Waals surface area contributed by atoms with Crippen LogP contribution in [0.4, 0.5) is 10.8 Å². The van der Waals surface area contributed by atoms with E-state index in [4.69, 9.17) is 21.1 Å². The number of benzene rings is 3. The van der Waals surface area contributed by atoms with Gasteiger partial charge in [-0.3, -0.25) is 9.69 Å². The standard InChI is InChI=1S/C22H15ClN2O3S/c23-14-6-5-7-15(12-14)25(22-24-16-8-1-4-11-20(16)29-22)21(26)19-13-27-17-9-2-3-10-18(17)28-19/h1-12,19H,13H2. The zero-order valence-electron chi connectivity index (χ0n) is 15.1. The van der Waals surface area contributed by atoms with Crippen molar-refractivity contribution in [2.24, 2.45) is 0 Å². The molecule has 1 aromatic heterocycles. The first-order chi connectivity index (χ1) is 14.2. The van der Waals surface area contributed by atoms with E-state index in [0.29, 0.717) is 27.3 Å². The minimum Gasteiger partial charge on any atom is -0.485 e. The van der Waals surface area contributed by atoms with Gasteiger partial charge in [-0.15, -0.1) is 0 Å². The lowest BCUT2D eigenvalue weighted by Gasteiger charge is -2.29. The molecule has 4 aromatic rings. The molecule has 5 nitrogen and oxygen atoms in total. The Morgan fingerprint density at radius 3 is 2.66 bits per heavy atom. The summed E-state index contributed by atoms with van der Waals surface area (Å²) in [5.74, 6) is 0.916. The van der Waals surface area contributed by atoms with Gasteiger partial charge >= 0.3 is 0 Å². The first kappa shape index (κ1) is 18.0. The summed E-state index contributed by atoms with van der Waals surface area (Å²) in [6, 6.07) is 22.2. The molecule has 0 saturated carbocycles. The highest BCUT2D eigenvalue weighted by atomic mass is 35.5. The Balaban J connectivity index is 1.56. The fourth-order valence-corrected chi connectivity index (χ4v) is 4.36. The summed E-state index contributed by atoms with van der Waals surface area (Å²) in [6.07, 6.45) is -0.795. The van der Waals surface area contributed by atoms with E-state index in [-0.39, 0.29) is 12.5 Å². The third kappa shape index (κ3) is 3.41. The highest BCUT2D eigenvalue weighted by Crippen LogP contribution is 2.37. The molecule has 29 heavy (non-hydrogen) atoms. The van der Waals surface area contributed by atoms with Crippen molar-refractivity contribution in [3.63, 3.8) is 0 Å². The predicted molar refractivity (Wildman–Crippen MR) is 115 cm³/mol. The van der Waals surface area contributed by atoms with Crippen LogP contribution in [0.5, 0.6) is 11.5 Å². The van der Waals surface area contributed by atoms with Crippen molar-refractivity contribution in [2.75, 3.05) is 11.5 Å². The number of anilines is 2. The van der Waals surface area contributed by atoms with E-state index in [1.807, 2.05) is 48.5 Å². The van der Waals surface area contributed by atoms with Crippen LogP contribution in [0.3, 0.4) is 0 Å². The van der Waals surface area contributed by atoms with Crippen molar-refractivity contribution in [1.82, 2.24) is 4.98 Å². The average molecular weight is 423 g/mol. The summed E-state index contributed by atoms with van der Waals surface area (Å²) >= 11 is 7.64. The highest BCUT2D eigenvalue weighted by molar-refractivity contribution is 7.22. The van der Waals surface area contributed by atoms with Gasteiger partial charge in [0.25, 0.3) is 5.91 Å². The summed E-state index contributed by atoms with van der Waals surface area (Å²) in [6.45, 7) is 0.123. The molecule has 1 amide bonds. The van der Waals surface area contributed by atoms with Gasteiger partial charge in [-0.1, -0.05) is 53.3 Å². The number of halogens is 1. The minimum absolute atomic E-state index is 0.123. The Bertz CT molecular complexity index is 1180. The molecule has 0 bridgehead atoms. The number of hydrogen-bond acceptors (Lipinski definition) is 5. The van der Waals surface area contributed by atoms with Crippen LogP contribution in [-0.2, 0) is 4.79 Å². The first-order valence-electron chi connectivity index (χ1n) is 9.03. The van der Waals surface area contributed by atoms with Crippen LogP contribution in [-0.4, -0.2) is 23.6 Å². The lowest BCUT2D eigenvalue weighted by molar-refractivity contribution is -0.126. The van der Waals surface area contributed by atoms with Crippen LogP contribution in [0.1, 0.15) is 0 Å². The second-order valence-electron chi connectivity index (χ2n) is 6.48. The fourth-order valence-electron chi connectivity index (χ4n) is 3.19. The van der Waals surface area contributed by atoms with E-state index in [9.17, 15) is 4.79 Å². The van der Waals surface area contributed by atoms with Crippen LogP contribution in [0.25, 0.3) is 10.2 Å². The highest BCUT2D eigenvalue weighted by Gasteiger charge is 2.34. The van der Waals surface area contributed by atoms with Gasteiger partial charge in [-0.05, 0) is 42.5 Å². The molecule has 144 valence electrons. The molecular weight excluding hydrogens is 408 g/mol. The largest absolute Gasteiger partial charge is 0.485 e. The second kappa shape index (κ2) is 7.39. The number of nitrogens with zero attached hydrogens (tertiary/aromatic N) is 2. The number of carbonyl (C=O) groups is 1. The molecular formula is C22H15ClN2O3S. The zero-order chi connectivity index (χ0) is 19.8. The normalized spacial score (nSPS) is 15.3. The van der Waals surface area contributed by atoms with Crippen molar-refractivity contribution < 1.29 is 14.3 Å². The van der Waals surface area contributed by atoms with Crippen molar-refractivity contribution in [1.29, 1.82) is 0 Å². The molecule has 1 unspecified atom stereocenters. The SMILES string of the molecule is O=C(C1COc2ccccc2O1)N(c1cccc(Cl)c1)c1nc2ccccc2s1. The third-order valence-electron chi connectivity index (χ3n) is 4.54. The van der Waals surface area contributed by atoms with E-state index >= 15 is 0 Å². The van der Waals surface area contributed by atoms with E-state index in [1.54, 1.807) is 29.2 Å². The molecule has 0 radical (unpaired) electrons. The summed E-state index contributed by atoms with van der Waals surface area (Å²) in [5, 5.41) is 1.09. The van der Waals surface area contributed by atoms with Crippen LogP contribution >= 0.6 is 22.9 Å². The molecule has 1 atom stereocenters. The second-order valence-corrected chi connectivity index (χ2v) is 7.93. The van der Waals surface area contributed by atoms with Gasteiger partial charge in [0, 0.05) is 5.02 Å². The Labute approximate surface area is 176 Å². The van der Waals surface area contributed by atoms with Crippen molar-refractivity contribution in [2.45, 2.75) is 6.10 Å². The van der Waals surface area contributed by atoms with Crippen LogP contribution < -0.4 is 14.4 Å². The van der Waals surface area contributed by atoms with Crippen LogP contribution in [0.2, 0.25) is 5.02 Å². The Morgan fingerprint density at radius 1 is 1.03 bits per heavy atom. The number of carbonyl (C=O) groups excluding carboxylic acids is 1. The Kier molecular flexibility index (Phi) is 4.58. The number of thiazole rings is 1. The molecule has 0 N–H and O–H groups in total.